The van der Waals surface area contributed by atoms with Gasteiger partial charge in [0.25, 0.3) is 0 Å². The summed E-state index contributed by atoms with van der Waals surface area (Å²) in [7, 11) is -3.29. The Bertz CT molecular complexity index is 351. The predicted octanol–water partition coefficient (Wildman–Crippen LogP) is 3.07. The molecule has 25 heavy (non-hydrogen) atoms. The standard InChI is InChI=1S/C16H35NO2.CH4O4S/c1-2-3-4-5-6-7-8-9-10-11-14-19-15-16(18)12-13-17;1-5-6(2,3)4/h16,18H,2-15,17H2,1H3;1H3,(H,2,3,4). The Hall–Kier alpha value is -0.250. The van der Waals surface area contributed by atoms with Crippen molar-refractivity contribution in [2.75, 3.05) is 26.9 Å². The highest BCUT2D eigenvalue weighted by atomic mass is 32.3. The maximum atomic E-state index is 9.41. The minimum absolute atomic E-state index is 0.381. The van der Waals surface area contributed by atoms with Crippen LogP contribution in [-0.2, 0) is 19.3 Å². The average molecular weight is 386 g/mol. The van der Waals surface area contributed by atoms with E-state index in [1.54, 1.807) is 0 Å². The van der Waals surface area contributed by atoms with Gasteiger partial charge in [-0.25, -0.2) is 0 Å². The van der Waals surface area contributed by atoms with E-state index in [0.717, 1.165) is 20.1 Å². The molecule has 0 fully saturated rings. The van der Waals surface area contributed by atoms with Crippen molar-refractivity contribution in [2.24, 2.45) is 5.73 Å². The van der Waals surface area contributed by atoms with Gasteiger partial charge in [0.2, 0.25) is 0 Å². The highest BCUT2D eigenvalue weighted by Gasteiger charge is 2.01. The van der Waals surface area contributed by atoms with Crippen molar-refractivity contribution in [3.8, 4) is 0 Å². The summed E-state index contributed by atoms with van der Waals surface area (Å²) in [6, 6.07) is 0. The minimum Gasteiger partial charge on any atom is -0.391 e. The number of hydrogen-bond donors (Lipinski definition) is 3. The van der Waals surface area contributed by atoms with Gasteiger partial charge >= 0.3 is 10.4 Å². The second kappa shape index (κ2) is 20.1. The Morgan fingerprint density at radius 1 is 0.960 bits per heavy atom. The lowest BCUT2D eigenvalue weighted by Gasteiger charge is -2.09. The molecule has 0 saturated carbocycles. The van der Waals surface area contributed by atoms with E-state index >= 15 is 0 Å². The maximum absolute atomic E-state index is 9.41. The van der Waals surface area contributed by atoms with Crippen molar-refractivity contribution >= 4 is 10.4 Å². The van der Waals surface area contributed by atoms with Gasteiger partial charge in [-0.15, -0.1) is 0 Å². The Kier molecular flexibility index (Phi) is 21.7. The van der Waals surface area contributed by atoms with Crippen LogP contribution in [-0.4, -0.2) is 51.0 Å². The lowest BCUT2D eigenvalue weighted by molar-refractivity contribution is 0.0323. The maximum Gasteiger partial charge on any atom is 0.397 e. The Morgan fingerprint density at radius 2 is 1.40 bits per heavy atom. The highest BCUT2D eigenvalue weighted by Crippen LogP contribution is 2.10. The molecule has 0 aromatic heterocycles. The summed E-state index contributed by atoms with van der Waals surface area (Å²) < 4.78 is 35.1. The van der Waals surface area contributed by atoms with Crippen LogP contribution < -0.4 is 5.73 Å². The van der Waals surface area contributed by atoms with Crippen LogP contribution in [0.2, 0.25) is 0 Å². The normalized spacial score (nSPS) is 12.5. The quantitative estimate of drug-likeness (QED) is 0.276. The van der Waals surface area contributed by atoms with E-state index in [2.05, 4.69) is 11.1 Å². The zero-order chi connectivity index (χ0) is 19.4. The molecule has 0 radical (unpaired) electrons. The molecule has 0 aromatic carbocycles. The number of aliphatic hydroxyl groups is 1. The summed E-state index contributed by atoms with van der Waals surface area (Å²) in [4.78, 5) is 0. The molecule has 8 heteroatoms. The third-order valence-corrected chi connectivity index (χ3v) is 4.08. The summed E-state index contributed by atoms with van der Waals surface area (Å²) in [5.74, 6) is 0. The lowest BCUT2D eigenvalue weighted by atomic mass is 10.1. The third-order valence-electron chi connectivity index (χ3n) is 3.66. The molecule has 0 bridgehead atoms. The molecule has 4 N–H and O–H groups in total. The molecule has 0 aliphatic heterocycles. The van der Waals surface area contributed by atoms with Crippen molar-refractivity contribution in [3.05, 3.63) is 0 Å². The molecule has 0 aliphatic rings. The minimum atomic E-state index is -4.16. The van der Waals surface area contributed by atoms with Gasteiger partial charge < -0.3 is 15.6 Å². The molecule has 0 aromatic rings. The van der Waals surface area contributed by atoms with E-state index < -0.39 is 10.4 Å². The van der Waals surface area contributed by atoms with Gasteiger partial charge in [0.1, 0.15) is 0 Å². The van der Waals surface area contributed by atoms with Crippen LogP contribution in [0.4, 0.5) is 0 Å². The van der Waals surface area contributed by atoms with Gasteiger partial charge in [-0.1, -0.05) is 64.7 Å². The van der Waals surface area contributed by atoms with E-state index in [1.165, 1.54) is 57.8 Å². The molecular weight excluding hydrogens is 346 g/mol. The third kappa shape index (κ3) is 28.8. The van der Waals surface area contributed by atoms with Crippen LogP contribution in [0.3, 0.4) is 0 Å². The van der Waals surface area contributed by atoms with E-state index in [1.807, 2.05) is 0 Å². The van der Waals surface area contributed by atoms with Crippen molar-refractivity contribution in [3.63, 3.8) is 0 Å². The number of rotatable bonds is 16. The monoisotopic (exact) mass is 385 g/mol. The van der Waals surface area contributed by atoms with Crippen molar-refractivity contribution in [1.82, 2.24) is 0 Å². The second-order valence-electron chi connectivity index (χ2n) is 6.08. The summed E-state index contributed by atoms with van der Waals surface area (Å²) in [6.45, 7) is 4.01. The highest BCUT2D eigenvalue weighted by molar-refractivity contribution is 7.80. The smallest absolute Gasteiger partial charge is 0.391 e. The fraction of sp³-hybridized carbons (Fsp3) is 1.00. The molecular formula is C17H39NO6S. The van der Waals surface area contributed by atoms with Gasteiger partial charge in [-0.2, -0.15) is 8.42 Å². The summed E-state index contributed by atoms with van der Waals surface area (Å²) in [5.41, 5.74) is 5.35. The number of unbranched alkanes of at least 4 members (excludes halogenated alkanes) is 9. The van der Waals surface area contributed by atoms with Crippen molar-refractivity contribution in [2.45, 2.75) is 83.7 Å². The number of nitrogens with two attached hydrogens (primary N) is 1. The molecule has 1 atom stereocenters. The van der Waals surface area contributed by atoms with Gasteiger partial charge in [-0.3, -0.25) is 8.74 Å². The first-order chi connectivity index (χ1) is 11.9. The summed E-state index contributed by atoms with van der Waals surface area (Å²) in [5, 5.41) is 9.41. The first-order valence-electron chi connectivity index (χ1n) is 9.36. The topological polar surface area (TPSA) is 119 Å². The van der Waals surface area contributed by atoms with E-state index in [-0.39, 0.29) is 6.10 Å². The lowest BCUT2D eigenvalue weighted by Crippen LogP contribution is -2.19. The van der Waals surface area contributed by atoms with Gasteiger partial charge in [-0.05, 0) is 19.4 Å². The Balaban J connectivity index is 0. The van der Waals surface area contributed by atoms with E-state index in [4.69, 9.17) is 15.0 Å². The summed E-state index contributed by atoms with van der Waals surface area (Å²) in [6.07, 6.45) is 13.7. The van der Waals surface area contributed by atoms with E-state index in [9.17, 15) is 13.5 Å². The van der Waals surface area contributed by atoms with Crippen LogP contribution in [0.1, 0.15) is 77.6 Å². The van der Waals surface area contributed by atoms with Crippen LogP contribution in [0, 0.1) is 0 Å². The molecule has 1 unspecified atom stereocenters. The van der Waals surface area contributed by atoms with Crippen LogP contribution in [0.15, 0.2) is 0 Å². The first kappa shape index (κ1) is 27.0. The fourth-order valence-corrected chi connectivity index (χ4v) is 2.19. The molecule has 0 heterocycles. The fourth-order valence-electron chi connectivity index (χ4n) is 2.19. The van der Waals surface area contributed by atoms with E-state index in [0.29, 0.717) is 19.6 Å². The molecule has 0 amide bonds. The van der Waals surface area contributed by atoms with Crippen LogP contribution in [0.5, 0.6) is 0 Å². The largest absolute Gasteiger partial charge is 0.397 e. The Morgan fingerprint density at radius 3 is 1.80 bits per heavy atom. The first-order valence-corrected chi connectivity index (χ1v) is 10.7. The van der Waals surface area contributed by atoms with Crippen LogP contribution >= 0.6 is 0 Å². The zero-order valence-corrected chi connectivity index (χ0v) is 16.8. The van der Waals surface area contributed by atoms with Gasteiger partial charge in [0.05, 0.1) is 19.8 Å². The number of hydrogen-bond acceptors (Lipinski definition) is 6. The predicted molar refractivity (Wildman–Crippen MR) is 101 cm³/mol. The number of aliphatic hydroxyl groups excluding tert-OH is 1. The molecule has 0 saturated heterocycles. The SMILES string of the molecule is CCCCCCCCCCCCOCC(O)CCN.COS(=O)(=O)O. The molecule has 0 rings (SSSR count). The van der Waals surface area contributed by atoms with Crippen molar-refractivity contribution < 1.29 is 27.0 Å². The summed E-state index contributed by atoms with van der Waals surface area (Å²) >= 11 is 0. The van der Waals surface area contributed by atoms with Gasteiger partial charge in [0, 0.05) is 6.61 Å². The number of ether oxygens (including phenoxy) is 1. The van der Waals surface area contributed by atoms with Crippen molar-refractivity contribution in [1.29, 1.82) is 0 Å². The van der Waals surface area contributed by atoms with Crippen LogP contribution in [0.25, 0.3) is 0 Å². The Labute approximate surface area is 154 Å². The molecule has 7 nitrogen and oxygen atoms in total. The molecule has 0 aliphatic carbocycles. The van der Waals surface area contributed by atoms with Gasteiger partial charge in [0.15, 0.2) is 0 Å². The zero-order valence-electron chi connectivity index (χ0n) is 16.0. The molecule has 154 valence electrons. The second-order valence-corrected chi connectivity index (χ2v) is 7.27. The molecule has 0 spiro atoms. The average Bonchev–Trinajstić information content (AvgIpc) is 2.56.